The lowest BCUT2D eigenvalue weighted by molar-refractivity contribution is -0.117. The number of hydrogen-bond donors (Lipinski definition) is 1. The lowest BCUT2D eigenvalue weighted by Gasteiger charge is -2.31. The standard InChI is InChI=1S/C17H25FN4O4/c1-24-11-4-8-22(9-5-11)16-20-14(25-2)13(15(21-16)26-3)19-12(23)10-17(18)6-7-17/h11H,4-10H2,1-3H3,(H,19,23). The predicted octanol–water partition coefficient (Wildman–Crippen LogP) is 1.94. The highest BCUT2D eigenvalue weighted by Crippen LogP contribution is 2.43. The fourth-order valence-electron chi connectivity index (χ4n) is 3.03. The molecule has 9 heteroatoms. The molecule has 1 aromatic rings. The van der Waals surface area contributed by atoms with E-state index in [1.54, 1.807) is 7.11 Å². The van der Waals surface area contributed by atoms with E-state index in [-0.39, 0.29) is 30.0 Å². The van der Waals surface area contributed by atoms with Crippen molar-refractivity contribution in [3.8, 4) is 11.8 Å². The third-order valence-corrected chi connectivity index (χ3v) is 4.81. The number of carbonyl (C=O) groups is 1. The quantitative estimate of drug-likeness (QED) is 0.787. The molecule has 1 aliphatic carbocycles. The lowest BCUT2D eigenvalue weighted by atomic mass is 10.1. The van der Waals surface area contributed by atoms with Crippen LogP contribution in [0.5, 0.6) is 11.8 Å². The minimum absolute atomic E-state index is 0.189. The summed E-state index contributed by atoms with van der Waals surface area (Å²) >= 11 is 0. The minimum Gasteiger partial charge on any atom is -0.479 e. The van der Waals surface area contributed by atoms with Crippen molar-refractivity contribution in [3.05, 3.63) is 0 Å². The highest BCUT2D eigenvalue weighted by molar-refractivity contribution is 5.94. The third kappa shape index (κ3) is 4.14. The normalized spacial score (nSPS) is 19.2. The Balaban J connectivity index is 1.78. The van der Waals surface area contributed by atoms with Crippen molar-refractivity contribution in [2.45, 2.75) is 43.9 Å². The molecular weight excluding hydrogens is 343 g/mol. The molecule has 8 nitrogen and oxygen atoms in total. The maximum Gasteiger partial charge on any atom is 0.246 e. The number of piperidine rings is 1. The van der Waals surface area contributed by atoms with Gasteiger partial charge in [0.05, 0.1) is 26.7 Å². The van der Waals surface area contributed by atoms with Crippen LogP contribution in [-0.2, 0) is 9.53 Å². The average molecular weight is 368 g/mol. The van der Waals surface area contributed by atoms with E-state index in [0.717, 1.165) is 25.9 Å². The minimum atomic E-state index is -1.38. The van der Waals surface area contributed by atoms with Gasteiger partial charge < -0.3 is 24.4 Å². The van der Waals surface area contributed by atoms with E-state index < -0.39 is 11.6 Å². The van der Waals surface area contributed by atoms with Gasteiger partial charge in [0.15, 0.2) is 5.69 Å². The van der Waals surface area contributed by atoms with E-state index in [0.29, 0.717) is 18.8 Å². The maximum absolute atomic E-state index is 13.8. The molecule has 1 aromatic heterocycles. The highest BCUT2D eigenvalue weighted by atomic mass is 19.1. The zero-order valence-corrected chi connectivity index (χ0v) is 15.4. The van der Waals surface area contributed by atoms with E-state index in [4.69, 9.17) is 14.2 Å². The van der Waals surface area contributed by atoms with Crippen molar-refractivity contribution in [3.63, 3.8) is 0 Å². The number of amides is 1. The average Bonchev–Trinajstić information content (AvgIpc) is 3.38. The Morgan fingerprint density at radius 2 is 1.77 bits per heavy atom. The van der Waals surface area contributed by atoms with Crippen LogP contribution in [0.25, 0.3) is 0 Å². The zero-order chi connectivity index (χ0) is 18.7. The Morgan fingerprint density at radius 1 is 1.19 bits per heavy atom. The number of methoxy groups -OCH3 is 3. The van der Waals surface area contributed by atoms with Crippen molar-refractivity contribution < 1.29 is 23.4 Å². The molecule has 0 radical (unpaired) electrons. The SMILES string of the molecule is COc1nc(N2CCC(OC)CC2)nc(OC)c1NC(=O)CC1(F)CC1. The summed E-state index contributed by atoms with van der Waals surface area (Å²) in [5, 5.41) is 2.63. The summed E-state index contributed by atoms with van der Waals surface area (Å²) in [5.41, 5.74) is -1.16. The number of hydrogen-bond acceptors (Lipinski definition) is 7. The van der Waals surface area contributed by atoms with E-state index in [1.165, 1.54) is 14.2 Å². The molecule has 2 heterocycles. The van der Waals surface area contributed by atoms with Crippen molar-refractivity contribution in [2.24, 2.45) is 0 Å². The fourth-order valence-corrected chi connectivity index (χ4v) is 3.03. The first-order valence-corrected chi connectivity index (χ1v) is 8.74. The maximum atomic E-state index is 13.8. The van der Waals surface area contributed by atoms with Gasteiger partial charge in [0.2, 0.25) is 23.6 Å². The molecular formula is C17H25FN4O4. The van der Waals surface area contributed by atoms with Gasteiger partial charge in [0.25, 0.3) is 0 Å². The molecule has 1 amide bonds. The number of aromatic nitrogens is 2. The van der Waals surface area contributed by atoms with Crippen molar-refractivity contribution >= 4 is 17.5 Å². The molecule has 0 spiro atoms. The van der Waals surface area contributed by atoms with Crippen LogP contribution in [0.4, 0.5) is 16.0 Å². The molecule has 1 saturated carbocycles. The van der Waals surface area contributed by atoms with Crippen LogP contribution in [0.1, 0.15) is 32.1 Å². The number of carbonyl (C=O) groups excluding carboxylic acids is 1. The first kappa shape index (κ1) is 18.6. The molecule has 1 saturated heterocycles. The second-order valence-corrected chi connectivity index (χ2v) is 6.72. The van der Waals surface area contributed by atoms with E-state index in [1.807, 2.05) is 4.90 Å². The van der Waals surface area contributed by atoms with Gasteiger partial charge in [-0.15, -0.1) is 0 Å². The van der Waals surface area contributed by atoms with Crippen molar-refractivity contribution in [2.75, 3.05) is 44.6 Å². The molecule has 0 aromatic carbocycles. The Bertz CT molecular complexity index is 635. The van der Waals surface area contributed by atoms with Gasteiger partial charge in [0, 0.05) is 20.2 Å². The number of alkyl halides is 1. The molecule has 0 bridgehead atoms. The molecule has 0 unspecified atom stereocenters. The van der Waals surface area contributed by atoms with Gasteiger partial charge in [-0.2, -0.15) is 9.97 Å². The highest BCUT2D eigenvalue weighted by Gasteiger charge is 2.45. The number of halogens is 1. The summed E-state index contributed by atoms with van der Waals surface area (Å²) in [6, 6.07) is 0. The van der Waals surface area contributed by atoms with Crippen LogP contribution in [-0.4, -0.2) is 62.1 Å². The van der Waals surface area contributed by atoms with E-state index in [9.17, 15) is 9.18 Å². The van der Waals surface area contributed by atoms with Crippen LogP contribution in [0, 0.1) is 0 Å². The molecule has 2 fully saturated rings. The smallest absolute Gasteiger partial charge is 0.246 e. The van der Waals surface area contributed by atoms with Crippen LogP contribution in [0.2, 0.25) is 0 Å². The Morgan fingerprint density at radius 3 is 2.23 bits per heavy atom. The first-order chi connectivity index (χ1) is 12.5. The Labute approximate surface area is 152 Å². The van der Waals surface area contributed by atoms with Crippen LogP contribution in [0.3, 0.4) is 0 Å². The molecule has 3 rings (SSSR count). The summed E-state index contributed by atoms with van der Waals surface area (Å²) in [6.07, 6.45) is 2.64. The van der Waals surface area contributed by atoms with Crippen molar-refractivity contribution in [1.82, 2.24) is 9.97 Å². The monoisotopic (exact) mass is 368 g/mol. The van der Waals surface area contributed by atoms with Gasteiger partial charge in [-0.1, -0.05) is 0 Å². The van der Waals surface area contributed by atoms with Crippen LogP contribution >= 0.6 is 0 Å². The summed E-state index contributed by atoms with van der Waals surface area (Å²) < 4.78 is 29.8. The number of nitrogens with one attached hydrogen (secondary N) is 1. The fraction of sp³-hybridized carbons (Fsp3) is 0.706. The van der Waals surface area contributed by atoms with E-state index in [2.05, 4.69) is 15.3 Å². The summed E-state index contributed by atoms with van der Waals surface area (Å²) in [4.78, 5) is 22.9. The number of ether oxygens (including phenoxy) is 3. The van der Waals surface area contributed by atoms with Gasteiger partial charge in [-0.05, 0) is 25.7 Å². The van der Waals surface area contributed by atoms with Crippen molar-refractivity contribution in [1.29, 1.82) is 0 Å². The Hall–Kier alpha value is -2.16. The topological polar surface area (TPSA) is 85.8 Å². The van der Waals surface area contributed by atoms with Gasteiger partial charge in [-0.25, -0.2) is 4.39 Å². The molecule has 1 N–H and O–H groups in total. The number of nitrogens with zero attached hydrogens (tertiary/aromatic N) is 3. The largest absolute Gasteiger partial charge is 0.479 e. The second-order valence-electron chi connectivity index (χ2n) is 6.72. The molecule has 0 atom stereocenters. The molecule has 2 aliphatic rings. The lowest BCUT2D eigenvalue weighted by Crippen LogP contribution is -2.37. The van der Waals surface area contributed by atoms with E-state index >= 15 is 0 Å². The zero-order valence-electron chi connectivity index (χ0n) is 15.4. The predicted molar refractivity (Wildman–Crippen MR) is 93.7 cm³/mol. The van der Waals surface area contributed by atoms with Crippen LogP contribution < -0.4 is 19.7 Å². The molecule has 144 valence electrons. The van der Waals surface area contributed by atoms with Gasteiger partial charge >= 0.3 is 0 Å². The molecule has 1 aliphatic heterocycles. The number of anilines is 2. The first-order valence-electron chi connectivity index (χ1n) is 8.74. The van der Waals surface area contributed by atoms with Gasteiger partial charge in [-0.3, -0.25) is 4.79 Å². The summed E-state index contributed by atoms with van der Waals surface area (Å²) in [7, 11) is 4.62. The summed E-state index contributed by atoms with van der Waals surface area (Å²) in [6.45, 7) is 1.50. The van der Waals surface area contributed by atoms with Gasteiger partial charge in [0.1, 0.15) is 5.67 Å². The van der Waals surface area contributed by atoms with Crippen LogP contribution in [0.15, 0.2) is 0 Å². The Kier molecular flexibility index (Phi) is 5.45. The molecule has 26 heavy (non-hydrogen) atoms. The summed E-state index contributed by atoms with van der Waals surface area (Å²) in [5.74, 6) is 0.407. The number of rotatable bonds is 7. The second kappa shape index (κ2) is 7.61. The third-order valence-electron chi connectivity index (χ3n) is 4.81.